The Morgan fingerprint density at radius 1 is 0.500 bits per heavy atom. The molecule has 2 aliphatic carbocycles. The van der Waals surface area contributed by atoms with Gasteiger partial charge in [-0.05, 0) is 106 Å². The fourth-order valence-electron chi connectivity index (χ4n) is 6.88. The molecule has 5 aromatic carbocycles. The second-order valence-electron chi connectivity index (χ2n) is 11.5. The van der Waals surface area contributed by atoms with Crippen molar-refractivity contribution in [1.29, 1.82) is 0 Å². The first-order chi connectivity index (χ1) is 20.8. The van der Waals surface area contributed by atoms with E-state index in [0.29, 0.717) is 0 Å². The molecule has 0 saturated carbocycles. The van der Waals surface area contributed by atoms with Gasteiger partial charge in [-0.1, -0.05) is 109 Å². The number of allylic oxidation sites excluding steroid dienone is 8. The van der Waals surface area contributed by atoms with Crippen LogP contribution >= 0.6 is 0 Å². The Morgan fingerprint density at radius 3 is 1.57 bits per heavy atom. The molecule has 0 N–H and O–H groups in total. The molecule has 0 saturated heterocycles. The average molecular weight is 541 g/mol. The highest BCUT2D eigenvalue weighted by Crippen LogP contribution is 2.44. The van der Waals surface area contributed by atoms with Gasteiger partial charge in [-0.3, -0.25) is 4.57 Å². The van der Waals surface area contributed by atoms with Crippen molar-refractivity contribution in [3.8, 4) is 5.69 Å². The molecule has 6 aromatic rings. The van der Waals surface area contributed by atoms with Crippen LogP contribution in [0.3, 0.4) is 0 Å². The maximum atomic E-state index is 5.13. The number of imidazole rings is 1. The third-order valence-electron chi connectivity index (χ3n) is 8.94. The normalized spacial score (nSPS) is 15.5. The van der Waals surface area contributed by atoms with Gasteiger partial charge in [0.05, 0.1) is 11.0 Å². The average Bonchev–Trinajstić information content (AvgIpc) is 3.44. The van der Waals surface area contributed by atoms with Crippen LogP contribution in [0.25, 0.3) is 55.0 Å². The van der Waals surface area contributed by atoms with Gasteiger partial charge in [0.2, 0.25) is 0 Å². The lowest BCUT2D eigenvalue weighted by Crippen LogP contribution is -2.04. The van der Waals surface area contributed by atoms with Gasteiger partial charge in [-0.2, -0.15) is 0 Å². The van der Waals surface area contributed by atoms with Crippen molar-refractivity contribution in [2.75, 3.05) is 0 Å². The summed E-state index contributed by atoms with van der Waals surface area (Å²) in [6, 6.07) is 37.1. The van der Waals surface area contributed by atoms with E-state index >= 15 is 0 Å². The molecule has 0 spiro atoms. The van der Waals surface area contributed by atoms with Crippen LogP contribution in [0.5, 0.6) is 0 Å². The van der Waals surface area contributed by atoms with E-state index < -0.39 is 0 Å². The number of fused-ring (bicyclic) bond motifs is 3. The minimum atomic E-state index is 0.946. The largest absolute Gasteiger partial charge is 0.293 e. The van der Waals surface area contributed by atoms with Crippen LogP contribution in [0.2, 0.25) is 0 Å². The lowest BCUT2D eigenvalue weighted by atomic mass is 9.81. The van der Waals surface area contributed by atoms with Crippen molar-refractivity contribution in [2.24, 2.45) is 0 Å². The third kappa shape index (κ3) is 4.06. The Kier molecular flexibility index (Phi) is 6.00. The Labute approximate surface area is 246 Å². The van der Waals surface area contributed by atoms with Gasteiger partial charge in [0.25, 0.3) is 0 Å². The van der Waals surface area contributed by atoms with Crippen molar-refractivity contribution in [2.45, 2.75) is 32.6 Å². The molecule has 0 aliphatic heterocycles. The molecule has 0 amide bonds. The molecule has 2 aliphatic rings. The Balaban J connectivity index is 1.31. The monoisotopic (exact) mass is 540 g/mol. The van der Waals surface area contributed by atoms with Crippen LogP contribution < -0.4 is 0 Å². The van der Waals surface area contributed by atoms with Gasteiger partial charge < -0.3 is 0 Å². The summed E-state index contributed by atoms with van der Waals surface area (Å²) in [5.74, 6) is 1.04. The summed E-state index contributed by atoms with van der Waals surface area (Å²) in [5, 5.41) is 5.40. The molecule has 0 bridgehead atoms. The van der Waals surface area contributed by atoms with Crippen LogP contribution in [0, 0.1) is 0 Å². The summed E-state index contributed by atoms with van der Waals surface area (Å²) in [7, 11) is 0. The van der Waals surface area contributed by atoms with E-state index in [1.165, 1.54) is 55.0 Å². The second-order valence-corrected chi connectivity index (χ2v) is 11.5. The van der Waals surface area contributed by atoms with E-state index in [-0.39, 0.29) is 0 Å². The number of rotatable bonds is 4. The molecule has 0 unspecified atom stereocenters. The van der Waals surface area contributed by atoms with E-state index in [1.807, 2.05) is 0 Å². The van der Waals surface area contributed by atoms with Crippen molar-refractivity contribution in [1.82, 2.24) is 9.55 Å². The van der Waals surface area contributed by atoms with Crippen LogP contribution in [0.4, 0.5) is 0 Å². The highest BCUT2D eigenvalue weighted by Gasteiger charge is 2.22. The zero-order chi connectivity index (χ0) is 28.0. The van der Waals surface area contributed by atoms with Crippen LogP contribution in [-0.4, -0.2) is 9.55 Å². The maximum absolute atomic E-state index is 5.13. The Bertz CT molecular complexity index is 2080. The lowest BCUT2D eigenvalue weighted by molar-refractivity contribution is 0.979. The number of nitrogens with zero attached hydrogens (tertiary/aromatic N) is 2. The molecule has 42 heavy (non-hydrogen) atoms. The summed E-state index contributed by atoms with van der Waals surface area (Å²) < 4.78 is 2.31. The van der Waals surface area contributed by atoms with Crippen molar-refractivity contribution in [3.63, 3.8) is 0 Å². The Morgan fingerprint density at radius 2 is 1.00 bits per heavy atom. The SMILES string of the molecule is CC1=CC=C(c2c3ccccc3c(C3=CC=C(c4nc5ccccc5n4-c4ccccc4)CC3)c3ccccc23)CC1. The van der Waals surface area contributed by atoms with Crippen molar-refractivity contribution < 1.29 is 0 Å². The van der Waals surface area contributed by atoms with E-state index in [1.54, 1.807) is 0 Å². The van der Waals surface area contributed by atoms with Gasteiger partial charge in [0.15, 0.2) is 0 Å². The minimum Gasteiger partial charge on any atom is -0.293 e. The zero-order valence-electron chi connectivity index (χ0n) is 23.8. The van der Waals surface area contributed by atoms with Gasteiger partial charge in [0, 0.05) is 5.69 Å². The summed E-state index contributed by atoms with van der Waals surface area (Å²) in [6.45, 7) is 2.23. The van der Waals surface area contributed by atoms with Crippen molar-refractivity contribution in [3.05, 3.63) is 150 Å². The highest BCUT2D eigenvalue weighted by atomic mass is 15.1. The summed E-state index contributed by atoms with van der Waals surface area (Å²) >= 11 is 0. The molecule has 2 heteroatoms. The third-order valence-corrected chi connectivity index (χ3v) is 8.94. The lowest BCUT2D eigenvalue weighted by Gasteiger charge is -2.23. The van der Waals surface area contributed by atoms with Gasteiger partial charge >= 0.3 is 0 Å². The molecule has 8 rings (SSSR count). The molecular formula is C40H32N2. The maximum Gasteiger partial charge on any atom is 0.141 e. The number of benzene rings is 5. The first-order valence-electron chi connectivity index (χ1n) is 15.0. The first-order valence-corrected chi connectivity index (χ1v) is 15.0. The molecular weight excluding hydrogens is 508 g/mol. The Hall–Kier alpha value is -4.95. The summed E-state index contributed by atoms with van der Waals surface area (Å²) in [6.07, 6.45) is 13.5. The molecule has 2 nitrogen and oxygen atoms in total. The van der Waals surface area contributed by atoms with Gasteiger partial charge in [0.1, 0.15) is 5.82 Å². The predicted molar refractivity (Wildman–Crippen MR) is 179 cm³/mol. The van der Waals surface area contributed by atoms with Crippen LogP contribution in [-0.2, 0) is 0 Å². The van der Waals surface area contributed by atoms with Crippen LogP contribution in [0.1, 0.15) is 49.6 Å². The highest BCUT2D eigenvalue weighted by molar-refractivity contribution is 6.16. The fraction of sp³-hybridized carbons (Fsp3) is 0.125. The van der Waals surface area contributed by atoms with Crippen molar-refractivity contribution >= 4 is 49.3 Å². The van der Waals surface area contributed by atoms with Gasteiger partial charge in [-0.25, -0.2) is 4.98 Å². The van der Waals surface area contributed by atoms with E-state index in [0.717, 1.165) is 48.2 Å². The quantitative estimate of drug-likeness (QED) is 0.203. The number of aromatic nitrogens is 2. The smallest absolute Gasteiger partial charge is 0.141 e. The van der Waals surface area contributed by atoms with Crippen LogP contribution in [0.15, 0.2) is 133 Å². The molecule has 202 valence electrons. The first kappa shape index (κ1) is 24.8. The zero-order valence-corrected chi connectivity index (χ0v) is 23.8. The predicted octanol–water partition coefficient (Wildman–Crippen LogP) is 10.7. The number of hydrogen-bond acceptors (Lipinski definition) is 1. The standard InChI is InChI=1S/C40H32N2/c1-27-19-21-28(22-20-27)38-32-13-5-7-15-34(32)39(35-16-8-6-14-33(35)38)29-23-25-30(26-24-29)40-41-36-17-9-10-18-37(36)42(40)31-11-3-2-4-12-31/h2-19,21,23,25H,20,22,24,26H2,1H3. The minimum absolute atomic E-state index is 0.946. The van der Waals surface area contributed by atoms with E-state index in [4.69, 9.17) is 4.98 Å². The molecule has 0 radical (unpaired) electrons. The fourth-order valence-corrected chi connectivity index (χ4v) is 6.88. The topological polar surface area (TPSA) is 17.8 Å². The van der Waals surface area contributed by atoms with E-state index in [9.17, 15) is 0 Å². The number of hydrogen-bond donors (Lipinski definition) is 0. The summed E-state index contributed by atoms with van der Waals surface area (Å²) in [5.41, 5.74) is 11.7. The van der Waals surface area contributed by atoms with E-state index in [2.05, 4.69) is 139 Å². The van der Waals surface area contributed by atoms with Gasteiger partial charge in [-0.15, -0.1) is 0 Å². The summed E-state index contributed by atoms with van der Waals surface area (Å²) in [4.78, 5) is 5.13. The molecule has 0 atom stereocenters. The second kappa shape index (κ2) is 10.2. The molecule has 0 fully saturated rings. The molecule has 1 heterocycles. The molecule has 1 aromatic heterocycles. The number of para-hydroxylation sites is 3.